The summed E-state index contributed by atoms with van der Waals surface area (Å²) < 4.78 is 5.99. The summed E-state index contributed by atoms with van der Waals surface area (Å²) in [7, 11) is 0. The Hall–Kier alpha value is -2.66. The third-order valence-electron chi connectivity index (χ3n) is 4.18. The molecule has 5 N–H and O–H groups in total. The van der Waals surface area contributed by atoms with Crippen molar-refractivity contribution in [3.63, 3.8) is 0 Å². The van der Waals surface area contributed by atoms with E-state index in [1.807, 2.05) is 54.6 Å². The Morgan fingerprint density at radius 2 is 1.73 bits per heavy atom. The van der Waals surface area contributed by atoms with Crippen molar-refractivity contribution in [3.8, 4) is 0 Å². The molecule has 0 heterocycles. The highest BCUT2D eigenvalue weighted by atomic mass is 127. The van der Waals surface area contributed by atoms with Gasteiger partial charge < -0.3 is 26.2 Å². The number of rotatable bonds is 10. The largest absolute Gasteiger partial charge is 0.445 e. The molecule has 2 rings (SSSR count). The van der Waals surface area contributed by atoms with Gasteiger partial charge in [-0.2, -0.15) is 0 Å². The maximum atomic E-state index is 12.2. The van der Waals surface area contributed by atoms with Gasteiger partial charge in [0.2, 0.25) is 11.8 Å². The molecule has 0 aliphatic rings. The first-order valence-corrected chi connectivity index (χ1v) is 10.4. The van der Waals surface area contributed by atoms with Gasteiger partial charge in [-0.1, -0.05) is 48.5 Å². The van der Waals surface area contributed by atoms with Crippen molar-refractivity contribution in [2.45, 2.75) is 31.6 Å². The van der Waals surface area contributed by atoms with Crippen LogP contribution in [0.5, 0.6) is 0 Å². The van der Waals surface area contributed by atoms with Gasteiger partial charge in [0.15, 0.2) is 0 Å². The van der Waals surface area contributed by atoms with E-state index in [1.165, 1.54) is 0 Å². The van der Waals surface area contributed by atoms with Crippen LogP contribution in [0.15, 0.2) is 54.6 Å². The number of aliphatic hydroxyl groups excluding tert-OH is 1. The van der Waals surface area contributed by atoms with Crippen LogP contribution in [0.25, 0.3) is 0 Å². The van der Waals surface area contributed by atoms with Crippen LogP contribution in [0.2, 0.25) is 0 Å². The number of alkyl carbamates (subject to hydrolysis) is 1. The number of primary amides is 1. The summed E-state index contributed by atoms with van der Waals surface area (Å²) in [5.41, 5.74) is 7.11. The monoisotopic (exact) mass is 525 g/mol. The summed E-state index contributed by atoms with van der Waals surface area (Å²) in [6.45, 7) is -0.0688. The zero-order valence-electron chi connectivity index (χ0n) is 16.2. The highest BCUT2D eigenvalue weighted by Crippen LogP contribution is 2.13. The summed E-state index contributed by atoms with van der Waals surface area (Å²) in [5.74, 6) is -1.21. The highest BCUT2D eigenvalue weighted by Gasteiger charge is 2.21. The lowest BCUT2D eigenvalue weighted by molar-refractivity contribution is -0.128. The number of ether oxygens (including phenoxy) is 1. The third-order valence-corrected chi connectivity index (χ3v) is 5.23. The van der Waals surface area contributed by atoms with E-state index in [4.69, 9.17) is 10.5 Å². The second-order valence-electron chi connectivity index (χ2n) is 6.62. The molecule has 3 amide bonds. The van der Waals surface area contributed by atoms with E-state index in [-0.39, 0.29) is 26.0 Å². The van der Waals surface area contributed by atoms with Crippen LogP contribution in [0.4, 0.5) is 4.79 Å². The topological polar surface area (TPSA) is 131 Å². The molecule has 0 aliphatic heterocycles. The van der Waals surface area contributed by atoms with E-state index in [0.717, 1.165) is 14.7 Å². The average Bonchev–Trinajstić information content (AvgIpc) is 2.72. The molecule has 30 heavy (non-hydrogen) atoms. The van der Waals surface area contributed by atoms with Gasteiger partial charge in [-0.3, -0.25) is 9.59 Å². The second-order valence-corrected chi connectivity index (χ2v) is 7.78. The number of amides is 3. The van der Waals surface area contributed by atoms with Crippen LogP contribution < -0.4 is 16.4 Å². The lowest BCUT2D eigenvalue weighted by Gasteiger charge is -2.18. The minimum absolute atomic E-state index is 0.0990. The Morgan fingerprint density at radius 1 is 1.07 bits per heavy atom. The number of hydrogen-bond acceptors (Lipinski definition) is 5. The van der Waals surface area contributed by atoms with Crippen molar-refractivity contribution in [2.75, 3.05) is 6.54 Å². The third kappa shape index (κ3) is 8.37. The Kier molecular flexibility index (Phi) is 9.55. The van der Waals surface area contributed by atoms with E-state index >= 15 is 0 Å². The summed E-state index contributed by atoms with van der Waals surface area (Å²) in [6.07, 6.45) is -1.89. The summed E-state index contributed by atoms with van der Waals surface area (Å²) in [6, 6.07) is 15.7. The van der Waals surface area contributed by atoms with Gasteiger partial charge in [-0.25, -0.2) is 4.79 Å². The first-order chi connectivity index (χ1) is 14.3. The Balaban J connectivity index is 1.74. The first-order valence-electron chi connectivity index (χ1n) is 9.30. The standard InChI is InChI=1S/C21H24IN3O5/c22-17-9-5-4-8-15(17)10-18(20(23)28)25-19(27)11-16(26)12-24-21(29)30-13-14-6-2-1-3-7-14/h1-9,16,18,26H,10-13H2,(H2,23,28)(H,24,29)(H,25,27)/t16-,18+/m0/s1. The molecule has 0 fully saturated rings. The molecule has 2 atom stereocenters. The van der Waals surface area contributed by atoms with Gasteiger partial charge >= 0.3 is 6.09 Å². The number of hydrogen-bond donors (Lipinski definition) is 4. The molecule has 0 unspecified atom stereocenters. The van der Waals surface area contributed by atoms with E-state index < -0.39 is 30.1 Å². The molecule has 160 valence electrons. The minimum Gasteiger partial charge on any atom is -0.445 e. The van der Waals surface area contributed by atoms with Gasteiger partial charge in [0, 0.05) is 16.5 Å². The van der Waals surface area contributed by atoms with Crippen LogP contribution in [-0.2, 0) is 27.4 Å². The number of nitrogens with one attached hydrogen (secondary N) is 2. The lowest BCUT2D eigenvalue weighted by atomic mass is 10.1. The Labute approximate surface area is 188 Å². The highest BCUT2D eigenvalue weighted by molar-refractivity contribution is 14.1. The smallest absolute Gasteiger partial charge is 0.407 e. The molecule has 8 nitrogen and oxygen atoms in total. The number of nitrogens with two attached hydrogens (primary N) is 1. The van der Waals surface area contributed by atoms with Gasteiger partial charge in [0.25, 0.3) is 0 Å². The average molecular weight is 525 g/mol. The van der Waals surface area contributed by atoms with E-state index in [9.17, 15) is 19.5 Å². The molecule has 2 aromatic carbocycles. The summed E-state index contributed by atoms with van der Waals surface area (Å²) in [4.78, 5) is 35.6. The molecule has 0 bridgehead atoms. The molecule has 0 spiro atoms. The van der Waals surface area contributed by atoms with Gasteiger partial charge in [-0.15, -0.1) is 0 Å². The Morgan fingerprint density at radius 3 is 2.40 bits per heavy atom. The molecule has 0 aromatic heterocycles. The van der Waals surface area contributed by atoms with Crippen LogP contribution in [0.3, 0.4) is 0 Å². The number of carbonyl (C=O) groups excluding carboxylic acids is 3. The maximum absolute atomic E-state index is 12.2. The lowest BCUT2D eigenvalue weighted by Crippen LogP contribution is -2.47. The Bertz CT molecular complexity index is 863. The van der Waals surface area contributed by atoms with Crippen LogP contribution >= 0.6 is 22.6 Å². The van der Waals surface area contributed by atoms with E-state index in [0.29, 0.717) is 0 Å². The maximum Gasteiger partial charge on any atom is 0.407 e. The quantitative estimate of drug-likeness (QED) is 0.349. The van der Waals surface area contributed by atoms with Crippen molar-refractivity contribution >= 4 is 40.5 Å². The number of aliphatic hydroxyl groups is 1. The van der Waals surface area contributed by atoms with Crippen molar-refractivity contribution in [2.24, 2.45) is 5.73 Å². The molecular formula is C21H24IN3O5. The molecule has 0 radical (unpaired) electrons. The summed E-state index contributed by atoms with van der Waals surface area (Å²) in [5, 5.41) is 14.9. The zero-order chi connectivity index (χ0) is 21.9. The van der Waals surface area contributed by atoms with Gasteiger partial charge in [0.1, 0.15) is 12.6 Å². The number of halogens is 1. The minimum atomic E-state index is -1.14. The predicted molar refractivity (Wildman–Crippen MR) is 119 cm³/mol. The predicted octanol–water partition coefficient (Wildman–Crippen LogP) is 1.48. The zero-order valence-corrected chi connectivity index (χ0v) is 18.4. The molecular weight excluding hydrogens is 501 g/mol. The van der Waals surface area contributed by atoms with E-state index in [2.05, 4.69) is 33.2 Å². The van der Waals surface area contributed by atoms with Crippen molar-refractivity contribution < 1.29 is 24.2 Å². The van der Waals surface area contributed by atoms with Crippen LogP contribution in [0, 0.1) is 3.57 Å². The first kappa shape index (κ1) is 23.6. The molecule has 0 aliphatic carbocycles. The van der Waals surface area contributed by atoms with Gasteiger partial charge in [-0.05, 0) is 39.8 Å². The van der Waals surface area contributed by atoms with Crippen molar-refractivity contribution in [1.82, 2.24) is 10.6 Å². The molecule has 0 saturated carbocycles. The number of benzene rings is 2. The fourth-order valence-electron chi connectivity index (χ4n) is 2.62. The second kappa shape index (κ2) is 12.1. The fourth-order valence-corrected chi connectivity index (χ4v) is 3.23. The normalized spacial score (nSPS) is 12.5. The molecule has 2 aromatic rings. The van der Waals surface area contributed by atoms with E-state index in [1.54, 1.807) is 0 Å². The van der Waals surface area contributed by atoms with Crippen molar-refractivity contribution in [3.05, 3.63) is 69.3 Å². The number of carbonyl (C=O) groups is 3. The SMILES string of the molecule is NC(=O)[C@@H](Cc1ccccc1I)NC(=O)C[C@H](O)CNC(=O)OCc1ccccc1. The molecule has 9 heteroatoms. The van der Waals surface area contributed by atoms with Crippen molar-refractivity contribution in [1.29, 1.82) is 0 Å². The fraction of sp³-hybridized carbons (Fsp3) is 0.286. The van der Waals surface area contributed by atoms with Crippen LogP contribution in [0.1, 0.15) is 17.5 Å². The summed E-state index contributed by atoms with van der Waals surface area (Å²) >= 11 is 2.14. The van der Waals surface area contributed by atoms with Gasteiger partial charge in [0.05, 0.1) is 12.5 Å². The molecule has 0 saturated heterocycles. The van der Waals surface area contributed by atoms with Crippen LogP contribution in [-0.4, -0.2) is 41.7 Å².